The van der Waals surface area contributed by atoms with Crippen molar-refractivity contribution in [1.82, 2.24) is 0 Å². The van der Waals surface area contributed by atoms with E-state index in [0.717, 1.165) is 4.90 Å². The maximum absolute atomic E-state index is 12.3. The molecule has 2 heterocycles. The molecule has 0 radical (unpaired) electrons. The van der Waals surface area contributed by atoms with Crippen LogP contribution in [0.25, 0.3) is 0 Å². The maximum Gasteiger partial charge on any atom is 0.338 e. The highest BCUT2D eigenvalue weighted by Gasteiger charge is 2.39. The lowest BCUT2D eigenvalue weighted by Gasteiger charge is -2.15. The number of hydrogen-bond donors (Lipinski definition) is 1. The molecule has 3 rings (SSSR count). The molecule has 1 saturated heterocycles. The largest absolute Gasteiger partial charge is 0.478 e. The summed E-state index contributed by atoms with van der Waals surface area (Å²) in [6, 6.07) is 8.36. The van der Waals surface area contributed by atoms with Crippen LogP contribution in [0, 0.1) is 0 Å². The van der Waals surface area contributed by atoms with Gasteiger partial charge in [0.2, 0.25) is 5.88 Å². The van der Waals surface area contributed by atoms with E-state index in [0.29, 0.717) is 5.69 Å². The van der Waals surface area contributed by atoms with Crippen molar-refractivity contribution in [3.8, 4) is 0 Å². The molecule has 0 saturated carbocycles. The first-order chi connectivity index (χ1) is 10.1. The van der Waals surface area contributed by atoms with Crippen molar-refractivity contribution in [3.05, 3.63) is 48.2 Å². The Morgan fingerprint density at radius 3 is 2.67 bits per heavy atom. The van der Waals surface area contributed by atoms with Crippen LogP contribution in [0.4, 0.5) is 16.4 Å². The molecule has 1 aromatic carbocycles. The Hall–Kier alpha value is -3.09. The van der Waals surface area contributed by atoms with Crippen LogP contribution >= 0.6 is 0 Å². The van der Waals surface area contributed by atoms with E-state index >= 15 is 0 Å². The summed E-state index contributed by atoms with van der Waals surface area (Å²) in [6.45, 7) is -0.164. The van der Waals surface area contributed by atoms with Crippen molar-refractivity contribution in [2.75, 3.05) is 16.3 Å². The van der Waals surface area contributed by atoms with Crippen LogP contribution in [0.5, 0.6) is 0 Å². The molecule has 7 nitrogen and oxygen atoms in total. The van der Waals surface area contributed by atoms with Crippen LogP contribution in [0.15, 0.2) is 47.1 Å². The first kappa shape index (κ1) is 12.9. The molecular weight excluding hydrogens is 276 g/mol. The Balaban J connectivity index is 1.94. The molecule has 1 aromatic heterocycles. The molecule has 0 atom stereocenters. The number of nitrogens with zero attached hydrogens (tertiary/aromatic N) is 2. The number of rotatable bonds is 3. The Bertz CT molecular complexity index is 723. The molecule has 7 heteroatoms. The average Bonchev–Trinajstić information content (AvgIpc) is 3.07. The monoisotopic (exact) mass is 286 g/mol. The van der Waals surface area contributed by atoms with E-state index in [-0.39, 0.29) is 18.0 Å². The summed E-state index contributed by atoms with van der Waals surface area (Å²) >= 11 is 0. The number of amides is 3. The smallest absolute Gasteiger partial charge is 0.338 e. The first-order valence-electron chi connectivity index (χ1n) is 6.09. The maximum atomic E-state index is 12.3. The van der Waals surface area contributed by atoms with Crippen LogP contribution in [0.3, 0.4) is 0 Å². The fraction of sp³-hybridized carbons (Fsp3) is 0.0714. The summed E-state index contributed by atoms with van der Waals surface area (Å²) in [7, 11) is 0. The van der Waals surface area contributed by atoms with Gasteiger partial charge in [-0.1, -0.05) is 6.07 Å². The van der Waals surface area contributed by atoms with Gasteiger partial charge < -0.3 is 9.52 Å². The number of carbonyl (C=O) groups excluding carboxylic acids is 2. The van der Waals surface area contributed by atoms with Gasteiger partial charge >= 0.3 is 12.0 Å². The van der Waals surface area contributed by atoms with Crippen LogP contribution < -0.4 is 9.80 Å². The second kappa shape index (κ2) is 4.78. The van der Waals surface area contributed by atoms with E-state index in [2.05, 4.69) is 0 Å². The molecule has 21 heavy (non-hydrogen) atoms. The second-order valence-electron chi connectivity index (χ2n) is 4.40. The van der Waals surface area contributed by atoms with Gasteiger partial charge in [0.25, 0.3) is 5.91 Å². The van der Waals surface area contributed by atoms with Crippen LogP contribution in [0.1, 0.15) is 10.4 Å². The standard InChI is InChI=1S/C14H10N2O5/c17-11-8-15(10-4-1-3-9(7-10)13(18)19)14(20)16(11)12-5-2-6-21-12/h1-7H,8H2,(H,18,19). The zero-order valence-corrected chi connectivity index (χ0v) is 10.7. The van der Waals surface area contributed by atoms with E-state index in [9.17, 15) is 14.4 Å². The molecule has 1 fully saturated rings. The molecule has 0 spiro atoms. The molecule has 2 aromatic rings. The van der Waals surface area contributed by atoms with E-state index in [1.807, 2.05) is 0 Å². The lowest BCUT2D eigenvalue weighted by molar-refractivity contribution is -0.115. The number of aromatic carboxylic acids is 1. The molecule has 0 unspecified atom stereocenters. The number of urea groups is 1. The van der Waals surface area contributed by atoms with Crippen LogP contribution in [0.2, 0.25) is 0 Å². The zero-order chi connectivity index (χ0) is 15.0. The Kier molecular flexibility index (Phi) is 2.94. The highest BCUT2D eigenvalue weighted by atomic mass is 16.4. The topological polar surface area (TPSA) is 91.1 Å². The summed E-state index contributed by atoms with van der Waals surface area (Å²) in [5.74, 6) is -1.39. The van der Waals surface area contributed by atoms with Gasteiger partial charge in [-0.15, -0.1) is 0 Å². The lowest BCUT2D eigenvalue weighted by Crippen LogP contribution is -2.32. The molecule has 0 bridgehead atoms. The molecular formula is C14H10N2O5. The number of benzene rings is 1. The van der Waals surface area contributed by atoms with Gasteiger partial charge in [0.1, 0.15) is 6.54 Å². The van der Waals surface area contributed by atoms with Gasteiger partial charge in [-0.25, -0.2) is 9.59 Å². The molecule has 1 N–H and O–H groups in total. The molecule has 3 amide bonds. The number of carboxylic acids is 1. The van der Waals surface area contributed by atoms with Crippen molar-refractivity contribution in [2.24, 2.45) is 0 Å². The SMILES string of the molecule is O=C(O)c1cccc(N2CC(=O)N(c3ccco3)C2=O)c1. The van der Waals surface area contributed by atoms with Crippen LogP contribution in [-0.2, 0) is 4.79 Å². The fourth-order valence-electron chi connectivity index (χ4n) is 2.12. The van der Waals surface area contributed by atoms with Crippen molar-refractivity contribution in [1.29, 1.82) is 0 Å². The van der Waals surface area contributed by atoms with E-state index in [1.54, 1.807) is 12.1 Å². The lowest BCUT2D eigenvalue weighted by atomic mass is 10.2. The Labute approximate surface area is 119 Å². The van der Waals surface area contributed by atoms with Gasteiger partial charge in [-0.2, -0.15) is 4.90 Å². The Morgan fingerprint density at radius 2 is 2.00 bits per heavy atom. The summed E-state index contributed by atoms with van der Waals surface area (Å²) < 4.78 is 5.07. The van der Waals surface area contributed by atoms with Crippen molar-refractivity contribution in [2.45, 2.75) is 0 Å². The predicted octanol–water partition coefficient (Wildman–Crippen LogP) is 1.95. The van der Waals surface area contributed by atoms with E-state index < -0.39 is 17.9 Å². The number of hydrogen-bond acceptors (Lipinski definition) is 4. The highest BCUT2D eigenvalue weighted by Crippen LogP contribution is 2.26. The van der Waals surface area contributed by atoms with Gasteiger partial charge in [0.15, 0.2) is 0 Å². The quantitative estimate of drug-likeness (QED) is 0.871. The van der Waals surface area contributed by atoms with Crippen molar-refractivity contribution < 1.29 is 23.9 Å². The van der Waals surface area contributed by atoms with Crippen molar-refractivity contribution >= 4 is 29.5 Å². The third kappa shape index (κ3) is 2.14. The number of anilines is 2. The van der Waals surface area contributed by atoms with Gasteiger partial charge in [-0.3, -0.25) is 9.69 Å². The van der Waals surface area contributed by atoms with Gasteiger partial charge in [-0.05, 0) is 24.3 Å². The number of imide groups is 1. The van der Waals surface area contributed by atoms with Gasteiger partial charge in [0, 0.05) is 11.8 Å². The van der Waals surface area contributed by atoms with Crippen LogP contribution in [-0.4, -0.2) is 29.6 Å². The Morgan fingerprint density at radius 1 is 1.19 bits per heavy atom. The average molecular weight is 286 g/mol. The third-order valence-electron chi connectivity index (χ3n) is 3.10. The molecule has 1 aliphatic rings. The summed E-state index contributed by atoms with van der Waals surface area (Å²) in [4.78, 5) is 37.4. The number of carbonyl (C=O) groups is 3. The zero-order valence-electron chi connectivity index (χ0n) is 10.7. The minimum absolute atomic E-state index is 0.0456. The number of carboxylic acid groups (broad SMARTS) is 1. The van der Waals surface area contributed by atoms with Crippen molar-refractivity contribution in [3.63, 3.8) is 0 Å². The minimum atomic E-state index is -1.10. The number of furan rings is 1. The second-order valence-corrected chi connectivity index (χ2v) is 4.40. The summed E-state index contributed by atoms with van der Waals surface area (Å²) in [5, 5.41) is 8.98. The third-order valence-corrected chi connectivity index (χ3v) is 3.10. The molecule has 0 aliphatic carbocycles. The highest BCUT2D eigenvalue weighted by molar-refractivity contribution is 6.26. The minimum Gasteiger partial charge on any atom is -0.478 e. The summed E-state index contributed by atoms with van der Waals surface area (Å²) in [5.41, 5.74) is 0.395. The summed E-state index contributed by atoms with van der Waals surface area (Å²) in [6.07, 6.45) is 1.36. The molecule has 106 valence electrons. The van der Waals surface area contributed by atoms with E-state index in [4.69, 9.17) is 9.52 Å². The van der Waals surface area contributed by atoms with Gasteiger partial charge in [0.05, 0.1) is 11.8 Å². The molecule has 1 aliphatic heterocycles. The first-order valence-corrected chi connectivity index (χ1v) is 6.09. The fourth-order valence-corrected chi connectivity index (χ4v) is 2.12. The van der Waals surface area contributed by atoms with E-state index in [1.165, 1.54) is 35.4 Å². The normalized spacial score (nSPS) is 14.9. The predicted molar refractivity (Wildman–Crippen MR) is 72.3 cm³/mol.